The van der Waals surface area contributed by atoms with Gasteiger partial charge >= 0.3 is 0 Å². The largest absolute Gasteiger partial charge is 0.492 e. The Morgan fingerprint density at radius 2 is 2.12 bits per heavy atom. The Kier molecular flexibility index (Phi) is 6.23. The van der Waals surface area contributed by atoms with Crippen LogP contribution in [-0.4, -0.2) is 50.3 Å². The highest BCUT2D eigenvalue weighted by Gasteiger charge is 2.10. The zero-order valence-corrected chi connectivity index (χ0v) is 14.4. The van der Waals surface area contributed by atoms with Crippen molar-refractivity contribution in [3.8, 4) is 5.75 Å². The van der Waals surface area contributed by atoms with Gasteiger partial charge in [-0.25, -0.2) is 0 Å². The van der Waals surface area contributed by atoms with Gasteiger partial charge in [0.05, 0.1) is 18.1 Å². The van der Waals surface area contributed by atoms with E-state index < -0.39 is 0 Å². The molecule has 0 saturated carbocycles. The molecule has 24 heavy (non-hydrogen) atoms. The molecule has 1 aromatic carbocycles. The Hall–Kier alpha value is -1.89. The minimum atomic E-state index is -0.0383. The molecule has 6 heteroatoms. The normalized spacial score (nSPS) is 15.2. The van der Waals surface area contributed by atoms with Crippen molar-refractivity contribution < 1.29 is 14.3 Å². The van der Waals surface area contributed by atoms with Crippen LogP contribution in [0.2, 0.25) is 0 Å². The van der Waals surface area contributed by atoms with E-state index in [1.165, 1.54) is 11.3 Å². The molecule has 128 valence electrons. The Labute approximate surface area is 146 Å². The lowest BCUT2D eigenvalue weighted by atomic mass is 10.2. The highest BCUT2D eigenvalue weighted by atomic mass is 32.1. The van der Waals surface area contributed by atoms with Crippen LogP contribution in [0.15, 0.2) is 41.8 Å². The predicted octanol–water partition coefficient (Wildman–Crippen LogP) is 2.39. The van der Waals surface area contributed by atoms with Crippen LogP contribution in [0.3, 0.4) is 0 Å². The van der Waals surface area contributed by atoms with Gasteiger partial charge < -0.3 is 14.8 Å². The van der Waals surface area contributed by atoms with Crippen molar-refractivity contribution in [2.24, 2.45) is 0 Å². The number of morpholine rings is 1. The number of rotatable bonds is 7. The molecule has 0 aliphatic carbocycles. The monoisotopic (exact) mass is 346 g/mol. The predicted molar refractivity (Wildman–Crippen MR) is 94.7 cm³/mol. The lowest BCUT2D eigenvalue weighted by molar-refractivity contribution is 0.0322. The van der Waals surface area contributed by atoms with Gasteiger partial charge in [0, 0.05) is 26.2 Å². The summed E-state index contributed by atoms with van der Waals surface area (Å²) in [6.07, 6.45) is 0. The minimum Gasteiger partial charge on any atom is -0.492 e. The highest BCUT2D eigenvalue weighted by Crippen LogP contribution is 2.14. The molecule has 1 aliphatic heterocycles. The van der Waals surface area contributed by atoms with Crippen molar-refractivity contribution >= 4 is 17.2 Å². The molecule has 1 aromatic heterocycles. The molecule has 0 unspecified atom stereocenters. The molecule has 0 radical (unpaired) electrons. The van der Waals surface area contributed by atoms with Crippen LogP contribution < -0.4 is 10.1 Å². The third kappa shape index (κ3) is 5.06. The maximum atomic E-state index is 12.0. The zero-order chi connectivity index (χ0) is 16.6. The number of hydrogen-bond acceptors (Lipinski definition) is 5. The Balaban J connectivity index is 1.44. The van der Waals surface area contributed by atoms with Crippen LogP contribution in [0, 0.1) is 0 Å². The lowest BCUT2D eigenvalue weighted by Gasteiger charge is -2.26. The van der Waals surface area contributed by atoms with Gasteiger partial charge in [-0.05, 0) is 29.1 Å². The SMILES string of the molecule is O=C(NCc1cccc(OCCN2CCOCC2)c1)c1cccs1. The van der Waals surface area contributed by atoms with Crippen LogP contribution in [0.1, 0.15) is 15.2 Å². The lowest BCUT2D eigenvalue weighted by Crippen LogP contribution is -2.38. The standard InChI is InChI=1S/C18H22N2O3S/c21-18(17-5-2-12-24-17)19-14-15-3-1-4-16(13-15)23-11-8-20-6-9-22-10-7-20/h1-5,12-13H,6-11,14H2,(H,19,21). The van der Waals surface area contributed by atoms with Crippen molar-refractivity contribution in [1.82, 2.24) is 10.2 Å². The quantitative estimate of drug-likeness (QED) is 0.836. The fourth-order valence-corrected chi connectivity index (χ4v) is 3.18. The van der Waals surface area contributed by atoms with E-state index in [9.17, 15) is 4.79 Å². The van der Waals surface area contributed by atoms with Gasteiger partial charge in [0.15, 0.2) is 0 Å². The van der Waals surface area contributed by atoms with Crippen LogP contribution in [0.4, 0.5) is 0 Å². The molecule has 0 spiro atoms. The van der Waals surface area contributed by atoms with Gasteiger partial charge in [0.25, 0.3) is 5.91 Å². The Morgan fingerprint density at radius 3 is 2.92 bits per heavy atom. The summed E-state index contributed by atoms with van der Waals surface area (Å²) in [6, 6.07) is 11.6. The van der Waals surface area contributed by atoms with Crippen molar-refractivity contribution in [2.45, 2.75) is 6.54 Å². The topological polar surface area (TPSA) is 50.8 Å². The van der Waals surface area contributed by atoms with Crippen LogP contribution in [-0.2, 0) is 11.3 Å². The van der Waals surface area contributed by atoms with Gasteiger partial charge in [-0.1, -0.05) is 18.2 Å². The molecule has 1 saturated heterocycles. The second kappa shape index (κ2) is 8.82. The van der Waals surface area contributed by atoms with Gasteiger partial charge in [-0.2, -0.15) is 0 Å². The molecule has 0 bridgehead atoms. The van der Waals surface area contributed by atoms with Crippen molar-refractivity contribution in [3.05, 3.63) is 52.2 Å². The summed E-state index contributed by atoms with van der Waals surface area (Å²) in [6.45, 7) is 5.61. The Morgan fingerprint density at radius 1 is 1.25 bits per heavy atom. The first-order valence-corrected chi connectivity index (χ1v) is 9.03. The average Bonchev–Trinajstić information content (AvgIpc) is 3.16. The zero-order valence-electron chi connectivity index (χ0n) is 13.6. The number of hydrogen-bond donors (Lipinski definition) is 1. The highest BCUT2D eigenvalue weighted by molar-refractivity contribution is 7.12. The molecule has 2 heterocycles. The maximum Gasteiger partial charge on any atom is 0.261 e. The van der Waals surface area contributed by atoms with E-state index in [4.69, 9.17) is 9.47 Å². The van der Waals surface area contributed by atoms with Crippen molar-refractivity contribution in [2.75, 3.05) is 39.5 Å². The molecule has 0 atom stereocenters. The van der Waals surface area contributed by atoms with Gasteiger partial charge in [-0.3, -0.25) is 9.69 Å². The number of ether oxygens (including phenoxy) is 2. The molecular formula is C18H22N2O3S. The maximum absolute atomic E-state index is 12.0. The number of carbonyl (C=O) groups is 1. The third-order valence-corrected chi connectivity index (χ3v) is 4.75. The second-order valence-corrected chi connectivity index (χ2v) is 6.56. The first-order chi connectivity index (χ1) is 11.8. The second-order valence-electron chi connectivity index (χ2n) is 5.61. The van der Waals surface area contributed by atoms with E-state index in [2.05, 4.69) is 10.2 Å². The van der Waals surface area contributed by atoms with Gasteiger partial charge in [-0.15, -0.1) is 11.3 Å². The number of nitrogens with zero attached hydrogens (tertiary/aromatic N) is 1. The van der Waals surface area contributed by atoms with E-state index in [1.807, 2.05) is 41.8 Å². The minimum absolute atomic E-state index is 0.0383. The molecule has 1 fully saturated rings. The van der Waals surface area contributed by atoms with Crippen molar-refractivity contribution in [3.63, 3.8) is 0 Å². The Bertz CT molecular complexity index is 639. The fourth-order valence-electron chi connectivity index (χ4n) is 2.54. The van der Waals surface area contributed by atoms with Crippen LogP contribution >= 0.6 is 11.3 Å². The van der Waals surface area contributed by atoms with E-state index in [0.29, 0.717) is 13.2 Å². The summed E-state index contributed by atoms with van der Waals surface area (Å²) in [5, 5.41) is 4.83. The molecule has 2 aromatic rings. The summed E-state index contributed by atoms with van der Waals surface area (Å²) < 4.78 is 11.2. The summed E-state index contributed by atoms with van der Waals surface area (Å²) in [4.78, 5) is 15.0. The average molecular weight is 346 g/mol. The van der Waals surface area contributed by atoms with Gasteiger partial charge in [0.1, 0.15) is 12.4 Å². The number of carbonyl (C=O) groups excluding carboxylic acids is 1. The first kappa shape index (κ1) is 17.0. The van der Waals surface area contributed by atoms with Crippen LogP contribution in [0.25, 0.3) is 0 Å². The third-order valence-electron chi connectivity index (χ3n) is 3.88. The number of thiophene rings is 1. The molecular weight excluding hydrogens is 324 g/mol. The van der Waals surface area contributed by atoms with E-state index in [1.54, 1.807) is 0 Å². The van der Waals surface area contributed by atoms with Gasteiger partial charge in [0.2, 0.25) is 0 Å². The molecule has 5 nitrogen and oxygen atoms in total. The van der Waals surface area contributed by atoms with E-state index in [0.717, 1.165) is 49.0 Å². The number of benzene rings is 1. The smallest absolute Gasteiger partial charge is 0.261 e. The summed E-state index contributed by atoms with van der Waals surface area (Å²) in [7, 11) is 0. The van der Waals surface area contributed by atoms with E-state index >= 15 is 0 Å². The number of amides is 1. The molecule has 3 rings (SSSR count). The molecule has 1 amide bonds. The summed E-state index contributed by atoms with van der Waals surface area (Å²) in [5.74, 6) is 0.801. The summed E-state index contributed by atoms with van der Waals surface area (Å²) in [5.41, 5.74) is 1.03. The summed E-state index contributed by atoms with van der Waals surface area (Å²) >= 11 is 1.44. The molecule has 1 aliphatic rings. The van der Waals surface area contributed by atoms with Crippen LogP contribution in [0.5, 0.6) is 5.75 Å². The van der Waals surface area contributed by atoms with E-state index in [-0.39, 0.29) is 5.91 Å². The fraction of sp³-hybridized carbons (Fsp3) is 0.389. The molecule has 1 N–H and O–H groups in total. The first-order valence-electron chi connectivity index (χ1n) is 8.15. The van der Waals surface area contributed by atoms with Crippen molar-refractivity contribution in [1.29, 1.82) is 0 Å². The number of nitrogens with one attached hydrogen (secondary N) is 1.